The molecular weight excluding hydrogens is 767 g/mol. The first kappa shape index (κ1) is 41.2. The van der Waals surface area contributed by atoms with E-state index in [0.29, 0.717) is 17.0 Å². The molecular formula is C50H41F8N. The number of nitrogens with zero attached hydrogens (tertiary/aromatic N) is 1. The minimum absolute atomic E-state index is 0.261. The normalized spacial score (nSPS) is 12.5. The van der Waals surface area contributed by atoms with E-state index in [1.54, 1.807) is 13.0 Å². The second-order valence-corrected chi connectivity index (χ2v) is 14.9. The number of unbranched alkanes of at least 4 members (excludes halogenated alkanes) is 1. The summed E-state index contributed by atoms with van der Waals surface area (Å²) in [6.45, 7) is 9.00. The molecule has 0 bridgehead atoms. The van der Waals surface area contributed by atoms with Crippen LogP contribution in [0.15, 0.2) is 91.0 Å². The van der Waals surface area contributed by atoms with Gasteiger partial charge in [0.2, 0.25) is 0 Å². The zero-order valence-electron chi connectivity index (χ0n) is 33.0. The zero-order chi connectivity index (χ0) is 42.1. The van der Waals surface area contributed by atoms with Crippen LogP contribution in [0.5, 0.6) is 0 Å². The van der Waals surface area contributed by atoms with Crippen molar-refractivity contribution in [2.45, 2.75) is 59.9 Å². The van der Waals surface area contributed by atoms with Crippen molar-refractivity contribution in [2.24, 2.45) is 5.92 Å². The largest absolute Gasteiger partial charge is 0.340 e. The van der Waals surface area contributed by atoms with Crippen molar-refractivity contribution in [1.82, 2.24) is 4.57 Å². The van der Waals surface area contributed by atoms with E-state index in [2.05, 4.69) is 54.8 Å². The van der Waals surface area contributed by atoms with Gasteiger partial charge in [-0.2, -0.15) is 0 Å². The Morgan fingerprint density at radius 1 is 0.508 bits per heavy atom. The Kier molecular flexibility index (Phi) is 11.9. The van der Waals surface area contributed by atoms with Crippen molar-refractivity contribution < 1.29 is 35.1 Å². The Balaban J connectivity index is 1.21. The molecule has 1 heterocycles. The molecule has 0 aliphatic rings. The lowest BCUT2D eigenvalue weighted by Gasteiger charge is -2.17. The van der Waals surface area contributed by atoms with E-state index in [-0.39, 0.29) is 11.1 Å². The minimum atomic E-state index is -2.22. The first-order valence-corrected chi connectivity index (χ1v) is 19.6. The number of hydrogen-bond donors (Lipinski definition) is 0. The fraction of sp³-hybridized carbons (Fsp3) is 0.200. The molecule has 9 heteroatoms. The van der Waals surface area contributed by atoms with Gasteiger partial charge in [0, 0.05) is 28.4 Å². The van der Waals surface area contributed by atoms with Crippen molar-refractivity contribution in [3.63, 3.8) is 0 Å². The van der Waals surface area contributed by atoms with Gasteiger partial charge in [-0.15, -0.1) is 0 Å². The molecule has 0 radical (unpaired) electrons. The molecule has 7 aromatic rings. The molecule has 59 heavy (non-hydrogen) atoms. The number of rotatable bonds is 12. The van der Waals surface area contributed by atoms with E-state index in [4.69, 9.17) is 0 Å². The van der Waals surface area contributed by atoms with Crippen LogP contribution in [0.4, 0.5) is 35.1 Å². The van der Waals surface area contributed by atoms with E-state index >= 15 is 35.1 Å². The van der Waals surface area contributed by atoms with E-state index in [9.17, 15) is 0 Å². The number of aromatic nitrogens is 1. The van der Waals surface area contributed by atoms with Crippen LogP contribution in [0.2, 0.25) is 0 Å². The molecule has 0 aliphatic heterocycles. The van der Waals surface area contributed by atoms with Crippen molar-refractivity contribution in [2.75, 3.05) is 0 Å². The van der Waals surface area contributed by atoms with E-state index in [1.165, 1.54) is 55.0 Å². The first-order chi connectivity index (χ1) is 28.4. The molecule has 1 atom stereocenters. The molecule has 0 amide bonds. The number of benzene rings is 6. The third kappa shape index (κ3) is 7.71. The van der Waals surface area contributed by atoms with Gasteiger partial charge in [-0.3, -0.25) is 0 Å². The summed E-state index contributed by atoms with van der Waals surface area (Å²) in [6.07, 6.45) is 12.3. The van der Waals surface area contributed by atoms with Crippen molar-refractivity contribution in [3.8, 4) is 33.4 Å². The molecule has 1 aromatic heterocycles. The maximum Gasteiger partial charge on any atom is 0.170 e. The molecule has 1 nitrogen and oxygen atoms in total. The molecule has 0 fully saturated rings. The van der Waals surface area contributed by atoms with E-state index in [0.717, 1.165) is 58.7 Å². The second kappa shape index (κ2) is 17.1. The molecule has 0 spiro atoms. The lowest BCUT2D eigenvalue weighted by molar-refractivity contribution is 0.401. The van der Waals surface area contributed by atoms with Crippen LogP contribution < -0.4 is 0 Å². The summed E-state index contributed by atoms with van der Waals surface area (Å²) >= 11 is 0. The summed E-state index contributed by atoms with van der Waals surface area (Å²) in [5.74, 6) is -16.3. The minimum Gasteiger partial charge on any atom is -0.340 e. The second-order valence-electron chi connectivity index (χ2n) is 14.9. The summed E-state index contributed by atoms with van der Waals surface area (Å²) < 4.78 is 126. The van der Waals surface area contributed by atoms with E-state index < -0.39 is 68.8 Å². The molecule has 302 valence electrons. The standard InChI is InChI=1S/C50H41F8N/c1-5-8-10-29(7-3)27-59-37-23-17-31(9-6-2)25-35(37)36-26-32(18-24-38(36)59)14-13-30-15-21-34(22-16-30)40-45(53)49(57)42(50(58)46(40)54)41-47(55)43(51)39(44(52)48(41)56)33-19-11-28(4)12-20-33/h6,9,11-26,29H,5,7-8,10,27H2,1-4H3/b9-6+,14-13+. The Morgan fingerprint density at radius 3 is 1.36 bits per heavy atom. The monoisotopic (exact) mass is 807 g/mol. The van der Waals surface area contributed by atoms with Gasteiger partial charge in [0.1, 0.15) is 0 Å². The van der Waals surface area contributed by atoms with Crippen molar-refractivity contribution in [1.29, 1.82) is 0 Å². The Bertz CT molecular complexity index is 2700. The molecule has 1 unspecified atom stereocenters. The fourth-order valence-corrected chi connectivity index (χ4v) is 7.79. The molecule has 6 aromatic carbocycles. The van der Waals surface area contributed by atoms with Gasteiger partial charge in [-0.25, -0.2) is 35.1 Å². The van der Waals surface area contributed by atoms with Gasteiger partial charge in [-0.1, -0.05) is 124 Å². The van der Waals surface area contributed by atoms with Crippen LogP contribution in [0.3, 0.4) is 0 Å². The Hall–Kier alpha value is -5.96. The smallest absolute Gasteiger partial charge is 0.170 e. The number of hydrogen-bond acceptors (Lipinski definition) is 0. The highest BCUT2D eigenvalue weighted by Crippen LogP contribution is 2.42. The number of fused-ring (bicyclic) bond motifs is 3. The maximum atomic E-state index is 15.6. The lowest BCUT2D eigenvalue weighted by atomic mass is 9.93. The third-order valence-electron chi connectivity index (χ3n) is 11.0. The summed E-state index contributed by atoms with van der Waals surface area (Å²) in [5.41, 5.74) is -1.11. The van der Waals surface area contributed by atoms with Gasteiger partial charge in [-0.05, 0) is 78.3 Å². The van der Waals surface area contributed by atoms with Crippen LogP contribution in [0, 0.1) is 59.4 Å². The average molecular weight is 808 g/mol. The number of halogens is 8. The number of allylic oxidation sites excluding steroid dienone is 1. The molecule has 0 saturated heterocycles. The van der Waals surface area contributed by atoms with Crippen molar-refractivity contribution >= 4 is 40.0 Å². The summed E-state index contributed by atoms with van der Waals surface area (Å²) in [4.78, 5) is 0. The van der Waals surface area contributed by atoms with Crippen molar-refractivity contribution in [3.05, 3.63) is 160 Å². The van der Waals surface area contributed by atoms with Gasteiger partial charge in [0.15, 0.2) is 46.5 Å². The van der Waals surface area contributed by atoms with Gasteiger partial charge < -0.3 is 4.57 Å². The maximum absolute atomic E-state index is 15.6. The predicted molar refractivity (Wildman–Crippen MR) is 224 cm³/mol. The highest BCUT2D eigenvalue weighted by atomic mass is 19.2. The third-order valence-corrected chi connectivity index (χ3v) is 11.0. The molecule has 0 N–H and O–H groups in total. The first-order valence-electron chi connectivity index (χ1n) is 19.6. The topological polar surface area (TPSA) is 4.93 Å². The lowest BCUT2D eigenvalue weighted by Crippen LogP contribution is -2.10. The van der Waals surface area contributed by atoms with Crippen LogP contribution in [0.25, 0.3) is 73.4 Å². The Labute approximate surface area is 337 Å². The van der Waals surface area contributed by atoms with Gasteiger partial charge in [0.25, 0.3) is 0 Å². The summed E-state index contributed by atoms with van der Waals surface area (Å²) in [6, 6.07) is 23.4. The predicted octanol–water partition coefficient (Wildman–Crippen LogP) is 15.6. The molecule has 7 rings (SSSR count). The fourth-order valence-electron chi connectivity index (χ4n) is 7.79. The van der Waals surface area contributed by atoms with Crippen LogP contribution in [0.1, 0.15) is 68.7 Å². The SMILES string of the molecule is C/C=C/c1ccc2c(c1)c1cc(/C=C/c3ccc(-c4c(F)c(F)c(-c5c(F)c(F)c(-c6ccc(C)cc6)c(F)c5F)c(F)c4F)cc3)ccc1n2CC(CC)CCCC. The highest BCUT2D eigenvalue weighted by Gasteiger charge is 2.34. The van der Waals surface area contributed by atoms with Gasteiger partial charge in [0.05, 0.1) is 22.3 Å². The van der Waals surface area contributed by atoms with Crippen LogP contribution in [-0.2, 0) is 6.54 Å². The van der Waals surface area contributed by atoms with Crippen LogP contribution in [-0.4, -0.2) is 4.57 Å². The van der Waals surface area contributed by atoms with Crippen LogP contribution >= 0.6 is 0 Å². The number of aryl methyl sites for hydroxylation is 1. The Morgan fingerprint density at radius 2 is 0.915 bits per heavy atom. The van der Waals surface area contributed by atoms with E-state index in [1.807, 2.05) is 25.1 Å². The molecule has 0 saturated carbocycles. The molecule has 0 aliphatic carbocycles. The summed E-state index contributed by atoms with van der Waals surface area (Å²) in [5, 5.41) is 2.23. The highest BCUT2D eigenvalue weighted by molar-refractivity contribution is 6.09. The quantitative estimate of drug-likeness (QED) is 0.0658. The zero-order valence-corrected chi connectivity index (χ0v) is 33.0. The summed E-state index contributed by atoms with van der Waals surface area (Å²) in [7, 11) is 0. The van der Waals surface area contributed by atoms with Gasteiger partial charge >= 0.3 is 0 Å². The average Bonchev–Trinajstić information content (AvgIpc) is 3.54.